The number of rotatable bonds is 11. The summed E-state index contributed by atoms with van der Waals surface area (Å²) in [5.74, 6) is -0.710. The van der Waals surface area contributed by atoms with Gasteiger partial charge >= 0.3 is 5.97 Å². The van der Waals surface area contributed by atoms with E-state index in [-0.39, 0.29) is 17.4 Å². The van der Waals surface area contributed by atoms with Crippen LogP contribution in [0.4, 0.5) is 4.39 Å². The number of nitrogens with zero attached hydrogens (tertiary/aromatic N) is 1. The quantitative estimate of drug-likeness (QED) is 0.321. The smallest absolute Gasteiger partial charge is 0.305 e. The minimum Gasteiger partial charge on any atom is -0.469 e. The van der Waals surface area contributed by atoms with Crippen molar-refractivity contribution in [2.24, 2.45) is 0 Å². The van der Waals surface area contributed by atoms with Gasteiger partial charge < -0.3 is 4.74 Å². The van der Waals surface area contributed by atoms with E-state index in [1.807, 2.05) is 36.4 Å². The molecule has 0 saturated carbocycles. The van der Waals surface area contributed by atoms with Gasteiger partial charge in [-0.05, 0) is 66.3 Å². The lowest BCUT2D eigenvalue weighted by atomic mass is 9.96. The summed E-state index contributed by atoms with van der Waals surface area (Å²) in [6, 6.07) is 16.5. The number of ether oxygens (including phenoxy) is 1. The van der Waals surface area contributed by atoms with E-state index >= 15 is 0 Å². The fourth-order valence-electron chi connectivity index (χ4n) is 3.40. The first-order valence-corrected chi connectivity index (χ1v) is 12.4. The van der Waals surface area contributed by atoms with Crippen molar-refractivity contribution in [3.05, 3.63) is 102 Å². The summed E-state index contributed by atoms with van der Waals surface area (Å²) in [6.45, 7) is 0.220. The van der Waals surface area contributed by atoms with E-state index in [0.717, 1.165) is 34.4 Å². The van der Waals surface area contributed by atoms with E-state index < -0.39 is 15.8 Å². The Kier molecular flexibility index (Phi) is 9.07. The molecule has 0 radical (unpaired) electrons. The van der Waals surface area contributed by atoms with Crippen LogP contribution >= 0.6 is 0 Å². The average Bonchev–Trinajstić information content (AvgIpc) is 2.85. The maximum Gasteiger partial charge on any atom is 0.305 e. The molecule has 0 aliphatic heterocycles. The van der Waals surface area contributed by atoms with E-state index in [9.17, 15) is 17.6 Å². The van der Waals surface area contributed by atoms with E-state index in [1.165, 1.54) is 19.2 Å². The van der Waals surface area contributed by atoms with Crippen molar-refractivity contribution in [1.82, 2.24) is 9.71 Å². The van der Waals surface area contributed by atoms with Gasteiger partial charge in [-0.25, -0.2) is 17.5 Å². The number of unbranched alkanes of at least 4 members (excludes halogenated alkanes) is 1. The zero-order valence-corrected chi connectivity index (χ0v) is 19.7. The molecule has 3 rings (SSSR count). The first-order chi connectivity index (χ1) is 16.4. The standard InChI is InChI=1S/C26H27FN2O4S/c1-33-26(30)7-3-2-6-25(22-5-4-17-28-19-22)21-10-8-20(9-11-21)16-18-29-34(31,32)24-14-12-23(27)13-15-24/h4-6,8-15,17,19,29H,2-3,7,16,18H2,1H3/b25-6+. The van der Waals surface area contributed by atoms with Crippen LogP contribution in [0.15, 0.2) is 84.0 Å². The highest BCUT2D eigenvalue weighted by Crippen LogP contribution is 2.24. The van der Waals surface area contributed by atoms with Crippen molar-refractivity contribution in [2.45, 2.75) is 30.6 Å². The van der Waals surface area contributed by atoms with Crippen LogP contribution in [0.1, 0.15) is 36.0 Å². The Labute approximate surface area is 199 Å². The molecule has 6 nitrogen and oxygen atoms in total. The number of pyridine rings is 1. The van der Waals surface area contributed by atoms with E-state index in [0.29, 0.717) is 25.7 Å². The first-order valence-electron chi connectivity index (χ1n) is 10.9. The van der Waals surface area contributed by atoms with Gasteiger partial charge in [0.25, 0.3) is 0 Å². The summed E-state index contributed by atoms with van der Waals surface area (Å²) in [5.41, 5.74) is 3.96. The lowest BCUT2D eigenvalue weighted by Gasteiger charge is -2.10. The summed E-state index contributed by atoms with van der Waals surface area (Å²) in [5, 5.41) is 0. The number of aromatic nitrogens is 1. The Morgan fingerprint density at radius 2 is 1.79 bits per heavy atom. The lowest BCUT2D eigenvalue weighted by Crippen LogP contribution is -2.26. The summed E-state index contributed by atoms with van der Waals surface area (Å²) in [6.07, 6.45) is 7.87. The van der Waals surface area contributed by atoms with Crippen LogP contribution in [0.3, 0.4) is 0 Å². The number of benzene rings is 2. The summed E-state index contributed by atoms with van der Waals surface area (Å²) < 4.78 is 45.0. The number of carbonyl (C=O) groups is 1. The Balaban J connectivity index is 1.65. The van der Waals surface area contributed by atoms with Gasteiger partial charge in [0.05, 0.1) is 12.0 Å². The largest absolute Gasteiger partial charge is 0.469 e. The van der Waals surface area contributed by atoms with Gasteiger partial charge in [-0.15, -0.1) is 0 Å². The number of methoxy groups -OCH3 is 1. The van der Waals surface area contributed by atoms with Crippen molar-refractivity contribution in [3.63, 3.8) is 0 Å². The molecule has 1 N–H and O–H groups in total. The molecule has 0 fully saturated rings. The third-order valence-electron chi connectivity index (χ3n) is 5.23. The number of hydrogen-bond acceptors (Lipinski definition) is 5. The van der Waals surface area contributed by atoms with Crippen LogP contribution in [0.5, 0.6) is 0 Å². The second-order valence-electron chi connectivity index (χ2n) is 7.63. The third kappa shape index (κ3) is 7.33. The maximum atomic E-state index is 13.0. The van der Waals surface area contributed by atoms with Crippen LogP contribution < -0.4 is 4.72 Å². The Bertz CT molecular complexity index is 1210. The molecule has 3 aromatic rings. The molecule has 0 saturated heterocycles. The molecule has 0 atom stereocenters. The lowest BCUT2D eigenvalue weighted by molar-refractivity contribution is -0.140. The monoisotopic (exact) mass is 482 g/mol. The molecular formula is C26H27FN2O4S. The molecule has 0 aliphatic rings. The number of nitrogens with one attached hydrogen (secondary N) is 1. The Morgan fingerprint density at radius 3 is 2.44 bits per heavy atom. The van der Waals surface area contributed by atoms with Gasteiger partial charge in [-0.3, -0.25) is 9.78 Å². The number of allylic oxidation sites excluding steroid dienone is 1. The van der Waals surface area contributed by atoms with E-state index in [4.69, 9.17) is 4.74 Å². The maximum absolute atomic E-state index is 13.0. The highest BCUT2D eigenvalue weighted by Gasteiger charge is 2.13. The second-order valence-corrected chi connectivity index (χ2v) is 9.39. The molecule has 8 heteroatoms. The minimum atomic E-state index is -3.69. The number of sulfonamides is 1. The zero-order valence-electron chi connectivity index (χ0n) is 18.9. The fourth-order valence-corrected chi connectivity index (χ4v) is 4.43. The molecule has 0 unspecified atom stereocenters. The molecule has 2 aromatic carbocycles. The van der Waals surface area contributed by atoms with Crippen molar-refractivity contribution in [1.29, 1.82) is 0 Å². The van der Waals surface area contributed by atoms with Crippen LogP contribution in [0, 0.1) is 5.82 Å². The molecule has 34 heavy (non-hydrogen) atoms. The summed E-state index contributed by atoms with van der Waals surface area (Å²) in [4.78, 5) is 15.6. The molecule has 178 valence electrons. The Hall–Kier alpha value is -3.36. The van der Waals surface area contributed by atoms with Gasteiger partial charge in [-0.2, -0.15) is 0 Å². The zero-order chi connectivity index (χ0) is 24.4. The van der Waals surface area contributed by atoms with E-state index in [2.05, 4.69) is 15.8 Å². The topological polar surface area (TPSA) is 85.4 Å². The first kappa shape index (κ1) is 25.3. The number of hydrogen-bond donors (Lipinski definition) is 1. The molecule has 0 bridgehead atoms. The minimum absolute atomic E-state index is 0.0303. The second kappa shape index (κ2) is 12.2. The van der Waals surface area contributed by atoms with Crippen LogP contribution in [0.2, 0.25) is 0 Å². The number of carbonyl (C=O) groups excluding carboxylic acids is 1. The predicted octanol–water partition coefficient (Wildman–Crippen LogP) is 4.52. The van der Waals surface area contributed by atoms with Crippen molar-refractivity contribution < 1.29 is 22.3 Å². The Morgan fingerprint density at radius 1 is 1.06 bits per heavy atom. The molecule has 1 heterocycles. The SMILES string of the molecule is COC(=O)CCC/C=C(\c1ccc(CCNS(=O)(=O)c2ccc(F)cc2)cc1)c1cccnc1. The van der Waals surface area contributed by atoms with Crippen LogP contribution in [0.25, 0.3) is 5.57 Å². The highest BCUT2D eigenvalue weighted by atomic mass is 32.2. The van der Waals surface area contributed by atoms with E-state index in [1.54, 1.807) is 12.4 Å². The number of halogens is 1. The molecular weight excluding hydrogens is 455 g/mol. The van der Waals surface area contributed by atoms with Gasteiger partial charge in [0, 0.05) is 30.9 Å². The third-order valence-corrected chi connectivity index (χ3v) is 6.71. The summed E-state index contributed by atoms with van der Waals surface area (Å²) in [7, 11) is -2.31. The van der Waals surface area contributed by atoms with Crippen molar-refractivity contribution in [2.75, 3.05) is 13.7 Å². The van der Waals surface area contributed by atoms with Crippen LogP contribution in [-0.4, -0.2) is 33.0 Å². The normalized spacial score (nSPS) is 11.9. The van der Waals surface area contributed by atoms with Gasteiger partial charge in [0.1, 0.15) is 5.82 Å². The molecule has 1 aromatic heterocycles. The number of esters is 1. The van der Waals surface area contributed by atoms with Crippen LogP contribution in [-0.2, 0) is 26.0 Å². The fraction of sp³-hybridized carbons (Fsp3) is 0.231. The van der Waals surface area contributed by atoms with Crippen molar-refractivity contribution in [3.8, 4) is 0 Å². The predicted molar refractivity (Wildman–Crippen MR) is 129 cm³/mol. The summed E-state index contributed by atoms with van der Waals surface area (Å²) >= 11 is 0. The average molecular weight is 483 g/mol. The molecule has 0 aliphatic carbocycles. The van der Waals surface area contributed by atoms with Gasteiger partial charge in [0.15, 0.2) is 0 Å². The highest BCUT2D eigenvalue weighted by molar-refractivity contribution is 7.89. The van der Waals surface area contributed by atoms with Crippen molar-refractivity contribution >= 4 is 21.6 Å². The molecule has 0 spiro atoms. The van der Waals surface area contributed by atoms with Gasteiger partial charge in [0.2, 0.25) is 10.0 Å². The van der Waals surface area contributed by atoms with Gasteiger partial charge in [-0.1, -0.05) is 36.4 Å². The molecule has 0 amide bonds.